The zero-order valence-electron chi connectivity index (χ0n) is 33.4. The smallest absolute Gasteiger partial charge is 0.159 e. The number of rotatable bonds is 6. The van der Waals surface area contributed by atoms with E-state index in [1.54, 1.807) is 0 Å². The summed E-state index contributed by atoms with van der Waals surface area (Å²) in [4.78, 5) is 2.33. The first-order valence-corrected chi connectivity index (χ1v) is 21.8. The molecule has 0 N–H and O–H groups in total. The Labute approximate surface area is 360 Å². The standard InChI is InChI=1S/C58H35NO2S/c1-2-12-36(13-3-1)38-26-30-42(31-27-38)59(43-32-28-39(29-33-43)44-18-10-20-47-45-16-7-9-23-53(45)62-58(44)47)50-21-11-19-46-49-35-52-55(48-17-6-8-22-51(48)60-52)54(57(49)61-56(46)50)41-25-24-37-14-4-5-15-40(37)34-41/h1-35H. The van der Waals surface area contributed by atoms with Gasteiger partial charge in [0.2, 0.25) is 0 Å². The average Bonchev–Trinajstić information content (AvgIpc) is 4.03. The van der Waals surface area contributed by atoms with Crippen LogP contribution in [0.2, 0.25) is 0 Å². The van der Waals surface area contributed by atoms with Crippen molar-refractivity contribution < 1.29 is 8.83 Å². The summed E-state index contributed by atoms with van der Waals surface area (Å²) in [5, 5.41) is 9.15. The lowest BCUT2D eigenvalue weighted by atomic mass is 9.95. The van der Waals surface area contributed by atoms with Gasteiger partial charge in [-0.3, -0.25) is 0 Å². The molecule has 0 aliphatic heterocycles. The van der Waals surface area contributed by atoms with Crippen LogP contribution in [0.1, 0.15) is 0 Å². The number of fused-ring (bicyclic) bond motifs is 10. The van der Waals surface area contributed by atoms with Gasteiger partial charge in [-0.2, -0.15) is 0 Å². The monoisotopic (exact) mass is 809 g/mol. The van der Waals surface area contributed by atoms with Crippen molar-refractivity contribution in [1.82, 2.24) is 0 Å². The number of thiophene rings is 1. The second kappa shape index (κ2) is 13.8. The fourth-order valence-corrected chi connectivity index (χ4v) is 10.8. The highest BCUT2D eigenvalue weighted by molar-refractivity contribution is 7.26. The zero-order chi connectivity index (χ0) is 40.7. The van der Waals surface area contributed by atoms with E-state index in [1.165, 1.54) is 47.6 Å². The fourth-order valence-electron chi connectivity index (χ4n) is 9.54. The molecule has 3 heterocycles. The number of furan rings is 2. The lowest BCUT2D eigenvalue weighted by Crippen LogP contribution is -2.10. The van der Waals surface area contributed by atoms with E-state index in [1.807, 2.05) is 23.5 Å². The highest BCUT2D eigenvalue weighted by Gasteiger charge is 2.25. The average molecular weight is 810 g/mol. The molecule has 0 spiro atoms. The molecule has 0 amide bonds. The lowest BCUT2D eigenvalue weighted by molar-refractivity contribution is 0.665. The minimum atomic E-state index is 0.813. The highest BCUT2D eigenvalue weighted by Crippen LogP contribution is 2.49. The van der Waals surface area contributed by atoms with E-state index >= 15 is 0 Å². The Balaban J connectivity index is 1.03. The number of benzene rings is 10. The van der Waals surface area contributed by atoms with Crippen LogP contribution in [0.5, 0.6) is 0 Å². The van der Waals surface area contributed by atoms with Crippen LogP contribution in [-0.2, 0) is 0 Å². The Morgan fingerprint density at radius 1 is 0.371 bits per heavy atom. The van der Waals surface area contributed by atoms with E-state index in [4.69, 9.17) is 8.83 Å². The first-order valence-electron chi connectivity index (χ1n) is 21.0. The molecule has 0 atom stereocenters. The van der Waals surface area contributed by atoms with Crippen molar-refractivity contribution in [3.63, 3.8) is 0 Å². The van der Waals surface area contributed by atoms with E-state index in [0.717, 1.165) is 77.6 Å². The zero-order valence-corrected chi connectivity index (χ0v) is 34.2. The normalized spacial score (nSPS) is 11.9. The molecule has 10 aromatic carbocycles. The maximum absolute atomic E-state index is 7.31. The molecule has 13 aromatic rings. The van der Waals surface area contributed by atoms with Gasteiger partial charge in [-0.25, -0.2) is 0 Å². The SMILES string of the molecule is c1ccc(-c2ccc(N(c3ccc(-c4cccc5c4sc4ccccc45)cc3)c3cccc4c3oc3c(-c5ccc6ccccc6c5)c5c(cc34)oc3ccccc35)cc2)cc1. The number of hydrogen-bond acceptors (Lipinski definition) is 4. The Morgan fingerprint density at radius 2 is 1.02 bits per heavy atom. The van der Waals surface area contributed by atoms with Gasteiger partial charge in [0.25, 0.3) is 0 Å². The quantitative estimate of drug-likeness (QED) is 0.168. The van der Waals surface area contributed by atoms with E-state index in [-0.39, 0.29) is 0 Å². The molecule has 290 valence electrons. The maximum atomic E-state index is 7.31. The van der Waals surface area contributed by atoms with Crippen molar-refractivity contribution in [2.75, 3.05) is 4.90 Å². The number of para-hydroxylation sites is 2. The highest BCUT2D eigenvalue weighted by atomic mass is 32.1. The third kappa shape index (κ3) is 5.44. The third-order valence-electron chi connectivity index (χ3n) is 12.5. The summed E-state index contributed by atoms with van der Waals surface area (Å²) in [7, 11) is 0. The van der Waals surface area contributed by atoms with Crippen LogP contribution in [0.25, 0.3) is 108 Å². The van der Waals surface area contributed by atoms with E-state index in [0.29, 0.717) is 0 Å². The minimum Gasteiger partial charge on any atom is -0.456 e. The van der Waals surface area contributed by atoms with Crippen LogP contribution in [0.15, 0.2) is 221 Å². The molecule has 3 nitrogen and oxygen atoms in total. The molecule has 4 heteroatoms. The summed E-state index contributed by atoms with van der Waals surface area (Å²) >= 11 is 1.86. The Hall–Kier alpha value is -7.92. The first-order chi connectivity index (χ1) is 30.7. The molecule has 0 aliphatic carbocycles. The summed E-state index contributed by atoms with van der Waals surface area (Å²) < 4.78 is 16.6. The molecule has 0 saturated heterocycles. The van der Waals surface area contributed by atoms with Gasteiger partial charge in [-0.15, -0.1) is 11.3 Å². The number of hydrogen-bond donors (Lipinski definition) is 0. The van der Waals surface area contributed by atoms with Crippen LogP contribution in [0, 0.1) is 0 Å². The molecule has 0 radical (unpaired) electrons. The van der Waals surface area contributed by atoms with Gasteiger partial charge < -0.3 is 13.7 Å². The Morgan fingerprint density at radius 3 is 1.85 bits per heavy atom. The van der Waals surface area contributed by atoms with Crippen molar-refractivity contribution in [2.24, 2.45) is 0 Å². The van der Waals surface area contributed by atoms with Gasteiger partial charge in [-0.1, -0.05) is 158 Å². The van der Waals surface area contributed by atoms with Crippen LogP contribution in [0.4, 0.5) is 17.1 Å². The molecule has 13 rings (SSSR count). The second-order valence-corrected chi connectivity index (χ2v) is 17.0. The summed E-state index contributed by atoms with van der Waals surface area (Å²) in [6.45, 7) is 0. The van der Waals surface area contributed by atoms with Crippen LogP contribution in [-0.4, -0.2) is 0 Å². The predicted octanol–water partition coefficient (Wildman–Crippen LogP) is 17.5. The molecule has 0 saturated carbocycles. The number of anilines is 3. The molecular weight excluding hydrogens is 775 g/mol. The van der Waals surface area contributed by atoms with Gasteiger partial charge in [0, 0.05) is 58.7 Å². The van der Waals surface area contributed by atoms with Crippen LogP contribution >= 0.6 is 11.3 Å². The molecule has 62 heavy (non-hydrogen) atoms. The number of nitrogens with zero attached hydrogens (tertiary/aromatic N) is 1. The lowest BCUT2D eigenvalue weighted by Gasteiger charge is -2.26. The Bertz CT molecular complexity index is 3860. The van der Waals surface area contributed by atoms with Crippen LogP contribution in [0.3, 0.4) is 0 Å². The minimum absolute atomic E-state index is 0.813. The van der Waals surface area contributed by atoms with Crippen molar-refractivity contribution in [2.45, 2.75) is 0 Å². The largest absolute Gasteiger partial charge is 0.456 e. The van der Waals surface area contributed by atoms with Crippen molar-refractivity contribution >= 4 is 103 Å². The summed E-state index contributed by atoms with van der Waals surface area (Å²) in [6.07, 6.45) is 0. The van der Waals surface area contributed by atoms with Gasteiger partial charge in [-0.05, 0) is 93.2 Å². The molecular formula is C58H35NO2S. The maximum Gasteiger partial charge on any atom is 0.159 e. The Kier molecular flexibility index (Phi) is 7.78. The third-order valence-corrected chi connectivity index (χ3v) is 13.7. The predicted molar refractivity (Wildman–Crippen MR) is 262 cm³/mol. The van der Waals surface area contributed by atoms with E-state index in [2.05, 4.69) is 205 Å². The molecule has 0 unspecified atom stereocenters. The fraction of sp³-hybridized carbons (Fsp3) is 0. The molecule has 0 aliphatic rings. The summed E-state index contributed by atoms with van der Waals surface area (Å²) in [6, 6.07) is 76.0. The van der Waals surface area contributed by atoms with E-state index in [9.17, 15) is 0 Å². The molecule has 3 aromatic heterocycles. The van der Waals surface area contributed by atoms with Crippen molar-refractivity contribution in [3.8, 4) is 33.4 Å². The van der Waals surface area contributed by atoms with Gasteiger partial charge in [0.05, 0.1) is 5.69 Å². The molecule has 0 fully saturated rings. The second-order valence-electron chi connectivity index (χ2n) is 16.0. The van der Waals surface area contributed by atoms with Crippen LogP contribution < -0.4 is 4.90 Å². The van der Waals surface area contributed by atoms with Crippen molar-refractivity contribution in [1.29, 1.82) is 0 Å². The van der Waals surface area contributed by atoms with Gasteiger partial charge in [0.15, 0.2) is 5.58 Å². The topological polar surface area (TPSA) is 29.5 Å². The van der Waals surface area contributed by atoms with Gasteiger partial charge in [0.1, 0.15) is 16.7 Å². The summed E-state index contributed by atoms with van der Waals surface area (Å²) in [5.41, 5.74) is 13.3. The molecule has 0 bridgehead atoms. The first kappa shape index (κ1) is 34.9. The summed E-state index contributed by atoms with van der Waals surface area (Å²) in [5.74, 6) is 0. The van der Waals surface area contributed by atoms with Crippen molar-refractivity contribution in [3.05, 3.63) is 212 Å². The van der Waals surface area contributed by atoms with E-state index < -0.39 is 0 Å². The van der Waals surface area contributed by atoms with Gasteiger partial charge >= 0.3 is 0 Å².